The van der Waals surface area contributed by atoms with Crippen molar-refractivity contribution in [3.63, 3.8) is 0 Å². The van der Waals surface area contributed by atoms with Crippen molar-refractivity contribution in [2.75, 3.05) is 19.0 Å². The van der Waals surface area contributed by atoms with E-state index < -0.39 is 6.09 Å². The average molecular weight is 409 g/mol. The van der Waals surface area contributed by atoms with Gasteiger partial charge in [-0.25, -0.2) is 4.79 Å². The molecule has 7 nitrogen and oxygen atoms in total. The number of carbonyl (C=O) groups excluding carboxylic acids is 2. The molecule has 0 bridgehead atoms. The quantitative estimate of drug-likeness (QED) is 0.562. The van der Waals surface area contributed by atoms with Crippen LogP contribution in [0, 0.1) is 0 Å². The second-order valence-electron chi connectivity index (χ2n) is 7.95. The fourth-order valence-electron chi connectivity index (χ4n) is 3.14. The summed E-state index contributed by atoms with van der Waals surface area (Å²) >= 11 is 0. The van der Waals surface area contributed by atoms with Gasteiger partial charge in [0.1, 0.15) is 0 Å². The molecule has 158 valence electrons. The zero-order valence-corrected chi connectivity index (χ0v) is 17.9. The second-order valence-corrected chi connectivity index (χ2v) is 7.95. The molecule has 3 N–H and O–H groups in total. The Morgan fingerprint density at radius 3 is 2.47 bits per heavy atom. The van der Waals surface area contributed by atoms with Gasteiger partial charge in [-0.05, 0) is 36.1 Å². The highest BCUT2D eigenvalue weighted by Gasteiger charge is 2.24. The molecule has 2 amide bonds. The molecule has 0 saturated carbocycles. The van der Waals surface area contributed by atoms with E-state index >= 15 is 0 Å². The van der Waals surface area contributed by atoms with Crippen LogP contribution in [0.25, 0.3) is 10.9 Å². The topological polar surface area (TPSA) is 92.5 Å². The Kier molecular flexibility index (Phi) is 6.01. The number of carbonyl (C=O) groups is 2. The number of hydrogen-bond acceptors (Lipinski definition) is 4. The molecule has 0 aliphatic carbocycles. The third-order valence-corrected chi connectivity index (χ3v) is 4.69. The lowest BCUT2D eigenvalue weighted by Gasteiger charge is -2.23. The van der Waals surface area contributed by atoms with Gasteiger partial charge >= 0.3 is 6.09 Å². The number of rotatable bonds is 5. The SMILES string of the molecule is CCNC(=O)c1cc(C(C)(C)C)cc(NC(=O)Oc2cc3ccccc3[nH]2)c1OC. The summed E-state index contributed by atoms with van der Waals surface area (Å²) in [5.74, 6) is 0.332. The molecule has 0 spiro atoms. The minimum Gasteiger partial charge on any atom is -0.494 e. The molecule has 2 aromatic carbocycles. The Bertz CT molecular complexity index is 1050. The fourth-order valence-corrected chi connectivity index (χ4v) is 3.14. The Morgan fingerprint density at radius 2 is 1.83 bits per heavy atom. The zero-order valence-electron chi connectivity index (χ0n) is 17.9. The van der Waals surface area contributed by atoms with Gasteiger partial charge in [-0.1, -0.05) is 39.0 Å². The van der Waals surface area contributed by atoms with Crippen LogP contribution in [0.15, 0.2) is 42.5 Å². The van der Waals surface area contributed by atoms with Crippen LogP contribution < -0.4 is 20.1 Å². The molecular formula is C23H27N3O4. The molecule has 0 fully saturated rings. The molecule has 0 aliphatic heterocycles. The van der Waals surface area contributed by atoms with Gasteiger partial charge in [0.25, 0.3) is 5.91 Å². The highest BCUT2D eigenvalue weighted by molar-refractivity contribution is 6.01. The van der Waals surface area contributed by atoms with E-state index in [-0.39, 0.29) is 17.1 Å². The van der Waals surface area contributed by atoms with E-state index in [0.717, 1.165) is 16.5 Å². The summed E-state index contributed by atoms with van der Waals surface area (Å²) in [6.07, 6.45) is -0.687. The molecule has 0 aliphatic rings. The number of aromatic amines is 1. The van der Waals surface area contributed by atoms with Crippen LogP contribution in [0.3, 0.4) is 0 Å². The van der Waals surface area contributed by atoms with Crippen LogP contribution in [0.1, 0.15) is 43.6 Å². The third-order valence-electron chi connectivity index (χ3n) is 4.69. The van der Waals surface area contributed by atoms with Crippen LogP contribution in [-0.2, 0) is 5.41 Å². The largest absolute Gasteiger partial charge is 0.494 e. The molecule has 7 heteroatoms. The first-order valence-electron chi connectivity index (χ1n) is 9.80. The highest BCUT2D eigenvalue weighted by atomic mass is 16.6. The fraction of sp³-hybridized carbons (Fsp3) is 0.304. The summed E-state index contributed by atoms with van der Waals surface area (Å²) in [7, 11) is 1.46. The number of benzene rings is 2. The second kappa shape index (κ2) is 8.49. The van der Waals surface area contributed by atoms with Crippen molar-refractivity contribution in [2.24, 2.45) is 0 Å². The maximum atomic E-state index is 12.6. The molecule has 1 heterocycles. The number of anilines is 1. The summed E-state index contributed by atoms with van der Waals surface area (Å²) in [5, 5.41) is 6.44. The lowest BCUT2D eigenvalue weighted by atomic mass is 9.85. The van der Waals surface area contributed by atoms with Crippen molar-refractivity contribution < 1.29 is 19.1 Å². The lowest BCUT2D eigenvalue weighted by molar-refractivity contribution is 0.0952. The van der Waals surface area contributed by atoms with Crippen molar-refractivity contribution in [1.29, 1.82) is 0 Å². The first kappa shape index (κ1) is 21.2. The van der Waals surface area contributed by atoms with Crippen molar-refractivity contribution >= 4 is 28.6 Å². The molecule has 30 heavy (non-hydrogen) atoms. The van der Waals surface area contributed by atoms with Crippen LogP contribution in [0.5, 0.6) is 11.6 Å². The maximum Gasteiger partial charge on any atom is 0.418 e. The maximum absolute atomic E-state index is 12.6. The lowest BCUT2D eigenvalue weighted by Crippen LogP contribution is -2.25. The molecule has 0 radical (unpaired) electrons. The Balaban J connectivity index is 1.93. The van der Waals surface area contributed by atoms with Crippen LogP contribution in [-0.4, -0.2) is 30.6 Å². The Morgan fingerprint density at radius 1 is 1.10 bits per heavy atom. The normalized spacial score (nSPS) is 11.2. The summed E-state index contributed by atoms with van der Waals surface area (Å²) in [6, 6.07) is 13.0. The molecule has 3 rings (SSSR count). The highest BCUT2D eigenvalue weighted by Crippen LogP contribution is 2.35. The number of H-pyrrole nitrogens is 1. The monoisotopic (exact) mass is 409 g/mol. The zero-order chi connectivity index (χ0) is 21.9. The number of amides is 2. The summed E-state index contributed by atoms with van der Waals surface area (Å²) in [5.41, 5.74) is 2.22. The number of aromatic nitrogens is 1. The van der Waals surface area contributed by atoms with Crippen molar-refractivity contribution in [3.05, 3.63) is 53.6 Å². The van der Waals surface area contributed by atoms with Gasteiger partial charge in [0.2, 0.25) is 5.88 Å². The minimum atomic E-state index is -0.687. The number of ether oxygens (including phenoxy) is 2. The molecule has 3 aromatic rings. The van der Waals surface area contributed by atoms with Gasteiger partial charge in [-0.15, -0.1) is 0 Å². The summed E-state index contributed by atoms with van der Waals surface area (Å²) < 4.78 is 10.9. The number of methoxy groups -OCH3 is 1. The first-order chi connectivity index (χ1) is 14.2. The Labute approximate surface area is 175 Å². The van der Waals surface area contributed by atoms with E-state index in [9.17, 15) is 9.59 Å². The molecule has 0 unspecified atom stereocenters. The van der Waals surface area contributed by atoms with Crippen LogP contribution in [0.2, 0.25) is 0 Å². The smallest absolute Gasteiger partial charge is 0.418 e. The minimum absolute atomic E-state index is 0.245. The number of nitrogens with one attached hydrogen (secondary N) is 3. The van der Waals surface area contributed by atoms with Crippen molar-refractivity contribution in [3.8, 4) is 11.6 Å². The average Bonchev–Trinajstić information content (AvgIpc) is 3.08. The van der Waals surface area contributed by atoms with Gasteiger partial charge in [0.15, 0.2) is 5.75 Å². The number of fused-ring (bicyclic) bond motifs is 1. The number of hydrogen-bond donors (Lipinski definition) is 3. The summed E-state index contributed by atoms with van der Waals surface area (Å²) in [4.78, 5) is 28.2. The van der Waals surface area contributed by atoms with E-state index in [4.69, 9.17) is 9.47 Å². The van der Waals surface area contributed by atoms with E-state index in [1.165, 1.54) is 7.11 Å². The molecule has 0 saturated heterocycles. The summed E-state index contributed by atoms with van der Waals surface area (Å²) in [6.45, 7) is 8.41. The third kappa shape index (κ3) is 4.56. The van der Waals surface area contributed by atoms with E-state index in [2.05, 4.69) is 15.6 Å². The Hall–Kier alpha value is -3.48. The molecule has 0 atom stereocenters. The molecule has 1 aromatic heterocycles. The van der Waals surface area contributed by atoms with E-state index in [1.54, 1.807) is 18.2 Å². The van der Waals surface area contributed by atoms with Gasteiger partial charge in [0.05, 0.1) is 18.4 Å². The van der Waals surface area contributed by atoms with Gasteiger partial charge in [-0.3, -0.25) is 10.1 Å². The molecular weight excluding hydrogens is 382 g/mol. The predicted octanol–water partition coefficient (Wildman–Crippen LogP) is 4.83. The first-order valence-corrected chi connectivity index (χ1v) is 9.80. The predicted molar refractivity (Wildman–Crippen MR) is 118 cm³/mol. The van der Waals surface area contributed by atoms with Gasteiger partial charge in [0, 0.05) is 23.5 Å². The number of para-hydroxylation sites is 1. The van der Waals surface area contributed by atoms with Gasteiger partial charge < -0.3 is 19.8 Å². The standard InChI is InChI=1S/C23H27N3O4/c1-6-24-21(27)16-12-15(23(2,3)4)13-18(20(16)29-5)26-22(28)30-19-11-14-9-7-8-10-17(14)25-19/h7-13,25H,6H2,1-5H3,(H,24,27)(H,26,28). The van der Waals surface area contributed by atoms with E-state index in [1.807, 2.05) is 52.0 Å². The van der Waals surface area contributed by atoms with Crippen LogP contribution in [0.4, 0.5) is 10.5 Å². The van der Waals surface area contributed by atoms with E-state index in [0.29, 0.717) is 23.7 Å². The van der Waals surface area contributed by atoms with Crippen molar-refractivity contribution in [1.82, 2.24) is 10.3 Å². The van der Waals surface area contributed by atoms with Crippen molar-refractivity contribution in [2.45, 2.75) is 33.1 Å². The van der Waals surface area contributed by atoms with Crippen LogP contribution >= 0.6 is 0 Å². The van der Waals surface area contributed by atoms with Gasteiger partial charge in [-0.2, -0.15) is 0 Å².